The van der Waals surface area contributed by atoms with E-state index in [-0.39, 0.29) is 0 Å². The lowest BCUT2D eigenvalue weighted by molar-refractivity contribution is 0.122. The molecule has 0 bridgehead atoms. The summed E-state index contributed by atoms with van der Waals surface area (Å²) in [6, 6.07) is 0. The zero-order chi connectivity index (χ0) is 13.4. The van der Waals surface area contributed by atoms with Gasteiger partial charge < -0.3 is 19.6 Å². The molecule has 1 aliphatic heterocycles. The largest absolute Gasteiger partial charge is 0.407 e. The first-order chi connectivity index (χ1) is 9.20. The zero-order valence-electron chi connectivity index (χ0n) is 10.4. The fraction of sp³-hybridized carbons (Fsp3) is 0.500. The molecule has 2 N–H and O–H groups in total. The molecule has 0 aromatic carbocycles. The lowest BCUT2D eigenvalue weighted by atomic mass is 10.4. The maximum atomic E-state index is 5.94. The molecule has 1 saturated heterocycles. The summed E-state index contributed by atoms with van der Waals surface area (Å²) < 4.78 is 11.8. The summed E-state index contributed by atoms with van der Waals surface area (Å²) in [5.41, 5.74) is 7.01. The number of nitrogens with zero attached hydrogens (tertiary/aromatic N) is 5. The van der Waals surface area contributed by atoms with E-state index in [0.29, 0.717) is 41.9 Å². The number of fused-ring (bicyclic) bond motifs is 1. The van der Waals surface area contributed by atoms with Gasteiger partial charge in [0.25, 0.3) is 5.88 Å². The Morgan fingerprint density at radius 1 is 1.26 bits per heavy atom. The van der Waals surface area contributed by atoms with Crippen LogP contribution in [0.1, 0.15) is 0 Å². The Labute approximate surface area is 115 Å². The van der Waals surface area contributed by atoms with E-state index in [0.717, 1.165) is 13.1 Å². The smallest absolute Gasteiger partial charge is 0.252 e. The summed E-state index contributed by atoms with van der Waals surface area (Å²) in [5.74, 6) is 1.34. The van der Waals surface area contributed by atoms with Gasteiger partial charge in [0, 0.05) is 33.0 Å². The van der Waals surface area contributed by atoms with Crippen LogP contribution in [0.5, 0.6) is 5.88 Å². The lowest BCUT2D eigenvalue weighted by Gasteiger charge is -2.26. The Hall–Kier alpha value is -1.74. The molecule has 0 unspecified atom stereocenters. The van der Waals surface area contributed by atoms with Gasteiger partial charge in [0.1, 0.15) is 0 Å². The average Bonchev–Trinajstić information content (AvgIpc) is 2.76. The third-order valence-electron chi connectivity index (χ3n) is 3.03. The predicted molar refractivity (Wildman–Crippen MR) is 73.4 cm³/mol. The first-order valence-corrected chi connectivity index (χ1v) is 6.21. The Morgan fingerprint density at radius 2 is 2.00 bits per heavy atom. The third kappa shape index (κ3) is 2.04. The number of thiol groups is 1. The normalized spacial score (nSPS) is 16.0. The molecule has 102 valence electrons. The summed E-state index contributed by atoms with van der Waals surface area (Å²) in [4.78, 5) is 10.8. The van der Waals surface area contributed by atoms with Gasteiger partial charge in [-0.25, -0.2) is 9.67 Å². The second-order valence-corrected chi connectivity index (χ2v) is 4.41. The summed E-state index contributed by atoms with van der Waals surface area (Å²) in [7, 11) is 1.74. The van der Waals surface area contributed by atoms with E-state index in [1.807, 2.05) is 4.90 Å². The summed E-state index contributed by atoms with van der Waals surface area (Å²) in [6.07, 6.45) is 0. The average molecular weight is 282 g/mol. The maximum absolute atomic E-state index is 5.94. The minimum Gasteiger partial charge on any atom is -0.407 e. The van der Waals surface area contributed by atoms with Gasteiger partial charge in [0.2, 0.25) is 5.95 Å². The molecule has 0 spiro atoms. The van der Waals surface area contributed by atoms with Crippen LogP contribution in [-0.4, -0.2) is 46.1 Å². The topological polar surface area (TPSA) is 91.3 Å². The number of anilines is 2. The van der Waals surface area contributed by atoms with Crippen LogP contribution in [0.15, 0.2) is 0 Å². The molecule has 0 atom stereocenters. The minimum atomic E-state index is 0.332. The predicted octanol–water partition coefficient (Wildman–Crippen LogP) is 0.00570. The molecule has 0 amide bonds. The van der Waals surface area contributed by atoms with Gasteiger partial charge in [-0.1, -0.05) is 0 Å². The Morgan fingerprint density at radius 3 is 2.68 bits per heavy atom. The summed E-state index contributed by atoms with van der Waals surface area (Å²) in [6.45, 7) is 2.79. The van der Waals surface area contributed by atoms with E-state index >= 15 is 0 Å². The molecule has 9 heteroatoms. The first-order valence-electron chi connectivity index (χ1n) is 5.85. The van der Waals surface area contributed by atoms with Crippen LogP contribution in [0.3, 0.4) is 0 Å². The van der Waals surface area contributed by atoms with Gasteiger partial charge in [-0.2, -0.15) is 10.1 Å². The number of hydrogen-bond donors (Lipinski definition) is 2. The van der Waals surface area contributed by atoms with Crippen LogP contribution in [0, 0.1) is 0 Å². The van der Waals surface area contributed by atoms with E-state index < -0.39 is 0 Å². The number of aromatic nitrogens is 4. The number of morpholine rings is 1. The van der Waals surface area contributed by atoms with Crippen LogP contribution in [-0.2, 0) is 11.8 Å². The van der Waals surface area contributed by atoms with E-state index in [4.69, 9.17) is 14.7 Å². The number of ether oxygens (including phenoxy) is 1. The summed E-state index contributed by atoms with van der Waals surface area (Å²) >= 11 is 3.82. The van der Waals surface area contributed by atoms with Crippen molar-refractivity contribution >= 4 is 35.7 Å². The van der Waals surface area contributed by atoms with Crippen molar-refractivity contribution in [1.29, 1.82) is 0 Å². The van der Waals surface area contributed by atoms with Crippen LogP contribution >= 0.6 is 12.9 Å². The van der Waals surface area contributed by atoms with Crippen molar-refractivity contribution < 1.29 is 8.92 Å². The van der Waals surface area contributed by atoms with Gasteiger partial charge in [0.15, 0.2) is 16.9 Å². The van der Waals surface area contributed by atoms with Gasteiger partial charge >= 0.3 is 0 Å². The first kappa shape index (κ1) is 12.3. The molecule has 1 fully saturated rings. The van der Waals surface area contributed by atoms with E-state index in [1.54, 1.807) is 7.05 Å². The van der Waals surface area contributed by atoms with Crippen LogP contribution in [0.25, 0.3) is 11.0 Å². The Balaban J connectivity index is 2.11. The molecule has 8 nitrogen and oxygen atoms in total. The quantitative estimate of drug-likeness (QED) is 0.592. The van der Waals surface area contributed by atoms with E-state index in [9.17, 15) is 0 Å². The highest BCUT2D eigenvalue weighted by Gasteiger charge is 2.20. The van der Waals surface area contributed by atoms with Crippen LogP contribution in [0.2, 0.25) is 0 Å². The fourth-order valence-electron chi connectivity index (χ4n) is 2.06. The van der Waals surface area contributed by atoms with Gasteiger partial charge in [-0.15, -0.1) is 0 Å². The van der Waals surface area contributed by atoms with Crippen molar-refractivity contribution in [3.63, 3.8) is 0 Å². The molecule has 0 aliphatic carbocycles. The molecule has 3 heterocycles. The minimum absolute atomic E-state index is 0.332. The van der Waals surface area contributed by atoms with E-state index in [2.05, 4.69) is 28.0 Å². The standard InChI is InChI=1S/C10H14N6O2S/c1-15-9(18-19)7-6(14-15)8(11)13-10(12-7)16-2-4-17-5-3-16/h19H,2-5H2,1H3,(H2,11,12,13). The Kier molecular flexibility index (Phi) is 3.07. The van der Waals surface area contributed by atoms with Crippen molar-refractivity contribution in [2.75, 3.05) is 36.9 Å². The summed E-state index contributed by atoms with van der Waals surface area (Å²) in [5, 5.41) is 4.22. The second-order valence-electron chi connectivity index (χ2n) is 4.23. The van der Waals surface area contributed by atoms with Crippen molar-refractivity contribution in [1.82, 2.24) is 19.7 Å². The van der Waals surface area contributed by atoms with Crippen molar-refractivity contribution in [2.24, 2.45) is 7.05 Å². The zero-order valence-corrected chi connectivity index (χ0v) is 11.3. The fourth-order valence-corrected chi connectivity index (χ4v) is 2.27. The number of rotatable bonds is 2. The molecule has 2 aromatic rings. The number of nitrogens with two attached hydrogens (primary N) is 1. The number of nitrogen functional groups attached to an aromatic ring is 1. The maximum Gasteiger partial charge on any atom is 0.252 e. The molecular weight excluding hydrogens is 268 g/mol. The monoisotopic (exact) mass is 282 g/mol. The molecule has 19 heavy (non-hydrogen) atoms. The number of aryl methyl sites for hydroxylation is 1. The van der Waals surface area contributed by atoms with Gasteiger partial charge in [0.05, 0.1) is 13.2 Å². The molecule has 2 aromatic heterocycles. The molecular formula is C10H14N6O2S. The van der Waals surface area contributed by atoms with Crippen molar-refractivity contribution in [3.8, 4) is 5.88 Å². The highest BCUT2D eigenvalue weighted by Crippen LogP contribution is 2.28. The second kappa shape index (κ2) is 4.74. The SMILES string of the molecule is Cn1nc2c(N)nc(N3CCOCC3)nc2c1OS. The van der Waals surface area contributed by atoms with Crippen molar-refractivity contribution in [3.05, 3.63) is 0 Å². The third-order valence-corrected chi connectivity index (χ3v) is 3.20. The highest BCUT2D eigenvalue weighted by molar-refractivity contribution is 7.75. The Bertz CT molecular complexity index is 610. The van der Waals surface area contributed by atoms with Gasteiger partial charge in [-0.3, -0.25) is 0 Å². The number of hydrogen-bond acceptors (Lipinski definition) is 8. The highest BCUT2D eigenvalue weighted by atomic mass is 32.1. The van der Waals surface area contributed by atoms with Gasteiger partial charge in [-0.05, 0) is 0 Å². The molecule has 0 saturated carbocycles. The molecule has 0 radical (unpaired) electrons. The lowest BCUT2D eigenvalue weighted by Crippen LogP contribution is -2.37. The molecule has 3 rings (SSSR count). The molecule has 1 aliphatic rings. The van der Waals surface area contributed by atoms with Crippen LogP contribution < -0.4 is 14.8 Å². The van der Waals surface area contributed by atoms with Crippen LogP contribution in [0.4, 0.5) is 11.8 Å². The van der Waals surface area contributed by atoms with E-state index in [1.165, 1.54) is 4.68 Å². The van der Waals surface area contributed by atoms with Crippen molar-refractivity contribution in [2.45, 2.75) is 0 Å².